The van der Waals surface area contributed by atoms with Crippen molar-refractivity contribution in [2.75, 3.05) is 0 Å². The van der Waals surface area contributed by atoms with Gasteiger partial charge >= 0.3 is 0 Å². The van der Waals surface area contributed by atoms with E-state index in [-0.39, 0.29) is 31.5 Å². The Morgan fingerprint density at radius 2 is 1.60 bits per heavy atom. The van der Waals surface area contributed by atoms with Gasteiger partial charge in [0.1, 0.15) is 5.82 Å². The molecule has 0 saturated carbocycles. The summed E-state index contributed by atoms with van der Waals surface area (Å²) in [6, 6.07) is 36.7. The second-order valence-electron chi connectivity index (χ2n) is 13.2. The molecule has 0 N–H and O–H groups in total. The van der Waals surface area contributed by atoms with Crippen molar-refractivity contribution in [2.24, 2.45) is 5.92 Å². The van der Waals surface area contributed by atoms with Gasteiger partial charge in [-0.25, -0.2) is 4.39 Å². The van der Waals surface area contributed by atoms with Crippen LogP contribution in [0.4, 0.5) is 4.39 Å². The van der Waals surface area contributed by atoms with Gasteiger partial charge in [0.25, 0.3) is 0 Å². The van der Waals surface area contributed by atoms with Crippen molar-refractivity contribution < 1.29 is 28.6 Å². The average Bonchev–Trinajstić information content (AvgIpc) is 3.45. The van der Waals surface area contributed by atoms with Gasteiger partial charge in [-0.1, -0.05) is 93.0 Å². The first-order chi connectivity index (χ1) is 23.8. The number of fused-ring (bicyclic) bond motifs is 3. The summed E-state index contributed by atoms with van der Waals surface area (Å²) in [7, 11) is -1.34. The average molecular weight is 846 g/mol. The van der Waals surface area contributed by atoms with Crippen molar-refractivity contribution in [3.63, 3.8) is 0 Å². The Morgan fingerprint density at radius 1 is 0.833 bits per heavy atom. The zero-order chi connectivity index (χ0) is 35.6. The summed E-state index contributed by atoms with van der Waals surface area (Å²) in [5.74, 6) is 0.395. The molecule has 6 heteroatoms. The molecule has 0 atom stereocenters. The van der Waals surface area contributed by atoms with Gasteiger partial charge in [0, 0.05) is 41.3 Å². The van der Waals surface area contributed by atoms with Crippen LogP contribution in [0.2, 0.25) is 19.6 Å². The van der Waals surface area contributed by atoms with E-state index in [2.05, 4.69) is 73.9 Å². The zero-order valence-corrected chi connectivity index (χ0v) is 31.9. The maximum Gasteiger partial charge on any atom is 0.124 e. The van der Waals surface area contributed by atoms with Crippen molar-refractivity contribution in [3.05, 3.63) is 139 Å². The van der Waals surface area contributed by atoms with Gasteiger partial charge in [-0.15, -0.1) is 59.7 Å². The van der Waals surface area contributed by atoms with Crippen LogP contribution in [0.25, 0.3) is 53.8 Å². The summed E-state index contributed by atoms with van der Waals surface area (Å²) in [4.78, 5) is 9.17. The molecule has 7 aromatic rings. The summed E-state index contributed by atoms with van der Waals surface area (Å²) in [6.45, 7) is 9.46. The molecule has 0 fully saturated rings. The van der Waals surface area contributed by atoms with Crippen LogP contribution in [-0.2, 0) is 26.5 Å². The standard InChI is InChI=1S/C24H15FNS.C18H24NSi.Ir/c1-15-14-26-22(13-21(15)16-6-3-2-4-7-16)20-9-5-8-19-18-11-10-17(25)12-23(18)27-24(19)20;1-14(2)11-16-12-17(15-9-7-6-8-10-15)19-13-18(16)20(3,4)5;/h2-8,10-14H,1H3;6-9,12-14H,11H2,1-5H3;/q2*-1;/i1D3;;. The number of thiophene rings is 1. The maximum atomic E-state index is 13.7. The minimum Gasteiger partial charge on any atom is -0.305 e. The van der Waals surface area contributed by atoms with Gasteiger partial charge < -0.3 is 9.97 Å². The molecule has 0 saturated heterocycles. The van der Waals surface area contributed by atoms with Crippen LogP contribution < -0.4 is 5.19 Å². The van der Waals surface area contributed by atoms with E-state index in [0.717, 1.165) is 49.0 Å². The zero-order valence-electron chi connectivity index (χ0n) is 30.7. The fourth-order valence-electron chi connectivity index (χ4n) is 5.84. The first-order valence-corrected chi connectivity index (χ1v) is 20.2. The third kappa shape index (κ3) is 7.90. The molecule has 0 bridgehead atoms. The number of nitrogens with zero attached hydrogens (tertiary/aromatic N) is 2. The van der Waals surface area contributed by atoms with E-state index in [0.29, 0.717) is 17.2 Å². The molecule has 3 aromatic heterocycles. The van der Waals surface area contributed by atoms with E-state index >= 15 is 0 Å². The second-order valence-corrected chi connectivity index (χ2v) is 19.3. The minimum atomic E-state index is -2.28. The van der Waals surface area contributed by atoms with Crippen molar-refractivity contribution in [2.45, 2.75) is 46.8 Å². The topological polar surface area (TPSA) is 25.8 Å². The third-order valence-electron chi connectivity index (χ3n) is 8.05. The van der Waals surface area contributed by atoms with Gasteiger partial charge in [0.15, 0.2) is 0 Å². The number of halogens is 1. The van der Waals surface area contributed by atoms with E-state index in [1.165, 1.54) is 40.4 Å². The number of rotatable bonds is 6. The third-order valence-corrected chi connectivity index (χ3v) is 11.3. The monoisotopic (exact) mass is 846 g/mol. The fourth-order valence-corrected chi connectivity index (χ4v) is 8.66. The number of benzene rings is 4. The Labute approximate surface area is 306 Å². The molecule has 0 aliphatic carbocycles. The molecule has 48 heavy (non-hydrogen) atoms. The number of pyridine rings is 2. The normalized spacial score (nSPS) is 12.5. The molecule has 245 valence electrons. The molecular formula is C42H39FIrN2SSi-2. The van der Waals surface area contributed by atoms with E-state index < -0.39 is 14.9 Å². The Bertz CT molecular complexity index is 2270. The van der Waals surface area contributed by atoms with Crippen LogP contribution in [-0.4, -0.2) is 18.0 Å². The Morgan fingerprint density at radius 3 is 2.31 bits per heavy atom. The van der Waals surface area contributed by atoms with Crippen LogP contribution in [0.3, 0.4) is 0 Å². The predicted octanol–water partition coefficient (Wildman–Crippen LogP) is 11.3. The molecule has 2 nitrogen and oxygen atoms in total. The molecule has 0 aliphatic heterocycles. The first-order valence-electron chi connectivity index (χ1n) is 17.3. The minimum absolute atomic E-state index is 0. The van der Waals surface area contributed by atoms with E-state index in [1.807, 2.05) is 66.7 Å². The van der Waals surface area contributed by atoms with Gasteiger partial charge in [0.2, 0.25) is 0 Å². The maximum absolute atomic E-state index is 13.7. The van der Waals surface area contributed by atoms with Crippen LogP contribution in [0.15, 0.2) is 109 Å². The summed E-state index contributed by atoms with van der Waals surface area (Å²) in [6.07, 6.45) is 4.67. The van der Waals surface area contributed by atoms with Crippen LogP contribution in [0, 0.1) is 30.7 Å². The van der Waals surface area contributed by atoms with Crippen molar-refractivity contribution in [1.82, 2.24) is 9.97 Å². The van der Waals surface area contributed by atoms with Gasteiger partial charge in [-0.2, -0.15) is 11.3 Å². The number of hydrogen-bond acceptors (Lipinski definition) is 3. The van der Waals surface area contributed by atoms with Crippen LogP contribution in [0.5, 0.6) is 0 Å². The molecule has 3 heterocycles. The molecule has 0 spiro atoms. The quantitative estimate of drug-likeness (QED) is 0.123. The molecule has 1 radical (unpaired) electrons. The van der Waals surface area contributed by atoms with E-state index in [1.54, 1.807) is 6.07 Å². The molecule has 0 unspecified atom stereocenters. The van der Waals surface area contributed by atoms with Gasteiger partial charge in [0.05, 0.1) is 8.07 Å². The summed E-state index contributed by atoms with van der Waals surface area (Å²) >= 11 is 1.49. The largest absolute Gasteiger partial charge is 0.305 e. The predicted molar refractivity (Wildman–Crippen MR) is 202 cm³/mol. The Kier molecular flexibility index (Phi) is 9.95. The van der Waals surface area contributed by atoms with Crippen molar-refractivity contribution in [1.29, 1.82) is 0 Å². The number of aromatic nitrogens is 2. The van der Waals surface area contributed by atoms with Crippen molar-refractivity contribution >= 4 is 44.8 Å². The Hall–Kier alpha value is -3.80. The summed E-state index contributed by atoms with van der Waals surface area (Å²) in [5, 5.41) is 3.48. The number of aryl methyl sites for hydroxylation is 1. The first kappa shape index (κ1) is 31.5. The fraction of sp³-hybridized carbons (Fsp3) is 0.190. The number of hydrogen-bond donors (Lipinski definition) is 0. The van der Waals surface area contributed by atoms with Crippen LogP contribution >= 0.6 is 11.3 Å². The van der Waals surface area contributed by atoms with Gasteiger partial charge in [-0.3, -0.25) is 0 Å². The Balaban J connectivity index is 0.000000211. The molecule has 0 amide bonds. The molecular weight excluding hydrogens is 804 g/mol. The molecule has 0 aliphatic rings. The smallest absolute Gasteiger partial charge is 0.124 e. The summed E-state index contributed by atoms with van der Waals surface area (Å²) < 4.78 is 39.3. The van der Waals surface area contributed by atoms with Crippen molar-refractivity contribution in [3.8, 4) is 33.6 Å². The second kappa shape index (κ2) is 15.2. The molecule has 7 rings (SSSR count). The SMILES string of the molecule is CC(C)Cc1cc(-c2[c-]cccc2)ncc1[Si](C)(C)C.[2H]C([2H])([2H])c1cnc(-c2[c-]ccc3c2sc2cc(F)ccc23)cc1-c1ccccc1.[Ir]. The van der Waals surface area contributed by atoms with E-state index in [4.69, 9.17) is 4.11 Å². The summed E-state index contributed by atoms with van der Waals surface area (Å²) in [5.41, 5.74) is 6.67. The molecule has 4 aromatic carbocycles. The van der Waals surface area contributed by atoms with Gasteiger partial charge in [-0.05, 0) is 74.7 Å². The van der Waals surface area contributed by atoms with Crippen LogP contribution in [0.1, 0.15) is 29.1 Å². The van der Waals surface area contributed by atoms with E-state index in [9.17, 15) is 4.39 Å².